The van der Waals surface area contributed by atoms with Crippen LogP contribution in [0.2, 0.25) is 0 Å². The van der Waals surface area contributed by atoms with Crippen LogP contribution in [-0.2, 0) is 6.54 Å². The first-order valence-electron chi connectivity index (χ1n) is 5.85. The lowest BCUT2D eigenvalue weighted by atomic mass is 10.1. The van der Waals surface area contributed by atoms with Crippen LogP contribution in [0, 0.1) is 6.92 Å². The predicted octanol–water partition coefficient (Wildman–Crippen LogP) is 3.73. The van der Waals surface area contributed by atoms with Gasteiger partial charge in [-0.05, 0) is 25.8 Å². The summed E-state index contributed by atoms with van der Waals surface area (Å²) in [6.07, 6.45) is 4.77. The van der Waals surface area contributed by atoms with Crippen LogP contribution in [0.3, 0.4) is 0 Å². The molecular weight excluding hydrogens is 210 g/mol. The van der Waals surface area contributed by atoms with E-state index in [1.165, 1.54) is 11.1 Å². The van der Waals surface area contributed by atoms with Crippen LogP contribution in [0.25, 0.3) is 10.9 Å². The van der Waals surface area contributed by atoms with Gasteiger partial charge in [0.2, 0.25) is 0 Å². The van der Waals surface area contributed by atoms with E-state index < -0.39 is 0 Å². The van der Waals surface area contributed by atoms with E-state index in [2.05, 4.69) is 24.1 Å². The van der Waals surface area contributed by atoms with Gasteiger partial charge in [-0.1, -0.05) is 24.3 Å². The van der Waals surface area contributed by atoms with Crippen molar-refractivity contribution in [3.8, 4) is 0 Å². The Hall–Kier alpha value is -1.83. The van der Waals surface area contributed by atoms with Gasteiger partial charge < -0.3 is 4.57 Å². The van der Waals surface area contributed by atoms with Crippen molar-refractivity contribution in [3.63, 3.8) is 0 Å². The number of carbonyl (C=O) groups excluding carboxylic acids is 1. The molecule has 88 valence electrons. The molecule has 2 heteroatoms. The molecule has 17 heavy (non-hydrogen) atoms. The number of hydrogen-bond donors (Lipinski definition) is 0. The minimum atomic E-state index is 0.123. The van der Waals surface area contributed by atoms with Crippen molar-refractivity contribution in [1.82, 2.24) is 4.57 Å². The molecule has 2 nitrogen and oxygen atoms in total. The number of fused-ring (bicyclic) bond motifs is 1. The molecule has 0 radical (unpaired) electrons. The highest BCUT2D eigenvalue weighted by atomic mass is 16.1. The number of aryl methyl sites for hydroxylation is 2. The van der Waals surface area contributed by atoms with Gasteiger partial charge in [0.15, 0.2) is 5.78 Å². The molecule has 0 spiro atoms. The van der Waals surface area contributed by atoms with Crippen molar-refractivity contribution in [2.24, 2.45) is 0 Å². The number of nitrogens with zero attached hydrogens (tertiary/aromatic N) is 1. The van der Waals surface area contributed by atoms with E-state index in [1.807, 2.05) is 24.4 Å². The molecule has 0 amide bonds. The molecule has 0 aliphatic carbocycles. The van der Waals surface area contributed by atoms with Crippen LogP contribution in [-0.4, -0.2) is 10.4 Å². The van der Waals surface area contributed by atoms with Gasteiger partial charge in [0.1, 0.15) is 0 Å². The summed E-state index contributed by atoms with van der Waals surface area (Å²) in [4.78, 5) is 11.6. The molecule has 2 rings (SSSR count). The van der Waals surface area contributed by atoms with Crippen molar-refractivity contribution in [3.05, 3.63) is 48.2 Å². The van der Waals surface area contributed by atoms with Gasteiger partial charge in [-0.3, -0.25) is 4.79 Å². The molecular formula is C15H17NO. The molecule has 2 aromatic rings. The number of rotatable bonds is 4. The lowest BCUT2D eigenvalue weighted by Gasteiger charge is -2.05. The third-order valence-corrected chi connectivity index (χ3v) is 3.05. The standard InChI is InChI=1S/C15H17NO/c1-4-5-9-16-10-14(12(3)17)13-8-6-7-11(2)15(13)16/h4,6-8,10H,1,5,9H2,2-3H3. The van der Waals surface area contributed by atoms with Crippen molar-refractivity contribution in [1.29, 1.82) is 0 Å². The molecule has 1 aromatic heterocycles. The number of aromatic nitrogens is 1. The zero-order valence-electron chi connectivity index (χ0n) is 10.4. The zero-order valence-corrected chi connectivity index (χ0v) is 10.4. The second-order valence-electron chi connectivity index (χ2n) is 4.34. The average molecular weight is 227 g/mol. The van der Waals surface area contributed by atoms with Gasteiger partial charge in [-0.2, -0.15) is 0 Å². The smallest absolute Gasteiger partial charge is 0.161 e. The first kappa shape index (κ1) is 11.6. The molecule has 0 saturated carbocycles. The maximum absolute atomic E-state index is 11.6. The fraction of sp³-hybridized carbons (Fsp3) is 0.267. The Morgan fingerprint density at radius 1 is 1.47 bits per heavy atom. The zero-order chi connectivity index (χ0) is 12.4. The number of benzene rings is 1. The number of carbonyl (C=O) groups is 1. The summed E-state index contributed by atoms with van der Waals surface area (Å²) in [6, 6.07) is 6.10. The highest BCUT2D eigenvalue weighted by Gasteiger charge is 2.12. The number of Topliss-reactive ketones (excluding diaryl/α,β-unsaturated/α-hetero) is 1. The highest BCUT2D eigenvalue weighted by molar-refractivity contribution is 6.07. The first-order chi connectivity index (χ1) is 8.15. The monoisotopic (exact) mass is 227 g/mol. The van der Waals surface area contributed by atoms with E-state index in [0.29, 0.717) is 0 Å². The Morgan fingerprint density at radius 3 is 2.88 bits per heavy atom. The van der Waals surface area contributed by atoms with E-state index in [9.17, 15) is 4.79 Å². The van der Waals surface area contributed by atoms with Gasteiger partial charge in [0.05, 0.1) is 5.52 Å². The molecule has 1 aromatic carbocycles. The topological polar surface area (TPSA) is 22.0 Å². The van der Waals surface area contributed by atoms with Gasteiger partial charge in [-0.15, -0.1) is 6.58 Å². The van der Waals surface area contributed by atoms with Crippen molar-refractivity contribution < 1.29 is 4.79 Å². The van der Waals surface area contributed by atoms with Crippen LogP contribution < -0.4 is 0 Å². The summed E-state index contributed by atoms with van der Waals surface area (Å²) < 4.78 is 2.16. The third-order valence-electron chi connectivity index (χ3n) is 3.05. The summed E-state index contributed by atoms with van der Waals surface area (Å²) in [6.45, 7) is 8.31. The molecule has 0 atom stereocenters. The van der Waals surface area contributed by atoms with Crippen LogP contribution in [0.15, 0.2) is 37.1 Å². The van der Waals surface area contributed by atoms with Crippen molar-refractivity contribution in [2.75, 3.05) is 0 Å². The van der Waals surface area contributed by atoms with Gasteiger partial charge >= 0.3 is 0 Å². The number of ketones is 1. The molecule has 0 saturated heterocycles. The Morgan fingerprint density at radius 2 is 2.24 bits per heavy atom. The largest absolute Gasteiger partial charge is 0.346 e. The normalized spacial score (nSPS) is 10.7. The van der Waals surface area contributed by atoms with E-state index in [-0.39, 0.29) is 5.78 Å². The molecule has 1 heterocycles. The molecule has 0 fully saturated rings. The summed E-state index contributed by atoms with van der Waals surface area (Å²) in [5.41, 5.74) is 3.19. The summed E-state index contributed by atoms with van der Waals surface area (Å²) in [5, 5.41) is 1.06. The van der Waals surface area contributed by atoms with E-state index in [0.717, 1.165) is 23.9 Å². The van der Waals surface area contributed by atoms with E-state index in [4.69, 9.17) is 0 Å². The predicted molar refractivity (Wildman–Crippen MR) is 71.5 cm³/mol. The van der Waals surface area contributed by atoms with Gasteiger partial charge in [0, 0.05) is 23.7 Å². The van der Waals surface area contributed by atoms with Crippen molar-refractivity contribution >= 4 is 16.7 Å². The quantitative estimate of drug-likeness (QED) is 0.576. The van der Waals surface area contributed by atoms with Crippen LogP contribution in [0.1, 0.15) is 29.3 Å². The number of para-hydroxylation sites is 1. The van der Waals surface area contributed by atoms with Gasteiger partial charge in [-0.25, -0.2) is 0 Å². The SMILES string of the molecule is C=CCCn1cc(C(C)=O)c2cccc(C)c21. The summed E-state index contributed by atoms with van der Waals surface area (Å²) in [7, 11) is 0. The van der Waals surface area contributed by atoms with Crippen LogP contribution >= 0.6 is 0 Å². The lowest BCUT2D eigenvalue weighted by molar-refractivity contribution is 0.101. The second-order valence-corrected chi connectivity index (χ2v) is 4.34. The minimum absolute atomic E-state index is 0.123. The summed E-state index contributed by atoms with van der Waals surface area (Å²) >= 11 is 0. The average Bonchev–Trinajstić information content (AvgIpc) is 2.67. The Kier molecular flexibility index (Phi) is 3.14. The Bertz CT molecular complexity index is 578. The van der Waals surface area contributed by atoms with Crippen LogP contribution in [0.4, 0.5) is 0 Å². The van der Waals surface area contributed by atoms with Gasteiger partial charge in [0.25, 0.3) is 0 Å². The lowest BCUT2D eigenvalue weighted by Crippen LogP contribution is -1.96. The summed E-state index contributed by atoms with van der Waals surface area (Å²) in [5.74, 6) is 0.123. The maximum Gasteiger partial charge on any atom is 0.161 e. The molecule has 0 aliphatic heterocycles. The Balaban J connectivity index is 2.66. The molecule has 0 bridgehead atoms. The molecule has 0 N–H and O–H groups in total. The fourth-order valence-corrected chi connectivity index (χ4v) is 2.23. The third kappa shape index (κ3) is 2.03. The number of allylic oxidation sites excluding steroid dienone is 1. The fourth-order valence-electron chi connectivity index (χ4n) is 2.23. The molecule has 0 unspecified atom stereocenters. The van der Waals surface area contributed by atoms with Crippen LogP contribution in [0.5, 0.6) is 0 Å². The van der Waals surface area contributed by atoms with E-state index in [1.54, 1.807) is 6.92 Å². The second kappa shape index (κ2) is 4.58. The highest BCUT2D eigenvalue weighted by Crippen LogP contribution is 2.25. The first-order valence-corrected chi connectivity index (χ1v) is 5.85. The Labute approximate surface area is 102 Å². The number of hydrogen-bond acceptors (Lipinski definition) is 1. The molecule has 0 aliphatic rings. The maximum atomic E-state index is 11.6. The minimum Gasteiger partial charge on any atom is -0.346 e. The van der Waals surface area contributed by atoms with E-state index >= 15 is 0 Å². The van der Waals surface area contributed by atoms with Crippen molar-refractivity contribution in [2.45, 2.75) is 26.8 Å².